The number of carbonyl (C=O) groups is 2. The van der Waals surface area contributed by atoms with Crippen LogP contribution in [0, 0.1) is 0 Å². The van der Waals surface area contributed by atoms with Gasteiger partial charge in [-0.2, -0.15) is 0 Å². The number of piperidine rings is 1. The molecule has 2 atom stereocenters. The molecule has 1 fully saturated rings. The minimum Gasteiger partial charge on any atom is -0.444 e. The minimum atomic E-state index is -0.538. The van der Waals surface area contributed by atoms with E-state index < -0.39 is 5.60 Å². The zero-order chi connectivity index (χ0) is 17.2. The van der Waals surface area contributed by atoms with Crippen molar-refractivity contribution in [3.8, 4) is 0 Å². The summed E-state index contributed by atoms with van der Waals surface area (Å²) < 4.78 is 6.13. The molecule has 0 aromatic carbocycles. The number of rotatable bonds is 3. The molecule has 6 heteroatoms. The summed E-state index contributed by atoms with van der Waals surface area (Å²) in [4.78, 5) is 27.4. The van der Waals surface area contributed by atoms with E-state index in [4.69, 9.17) is 16.3 Å². The Morgan fingerprint density at radius 1 is 1.35 bits per heavy atom. The Labute approximate surface area is 146 Å². The summed E-state index contributed by atoms with van der Waals surface area (Å²) in [5.74, 6) is 0.0366. The Balaban J connectivity index is 2.10. The maximum absolute atomic E-state index is 12.5. The number of hydrogen-bond acceptors (Lipinski definition) is 4. The van der Waals surface area contributed by atoms with Gasteiger partial charge in [-0.1, -0.05) is 11.6 Å². The van der Waals surface area contributed by atoms with E-state index in [0.717, 1.165) is 19.3 Å². The zero-order valence-electron chi connectivity index (χ0n) is 14.1. The van der Waals surface area contributed by atoms with Crippen molar-refractivity contribution in [2.24, 2.45) is 0 Å². The summed E-state index contributed by atoms with van der Waals surface area (Å²) in [7, 11) is 0. The molecule has 2 unspecified atom stereocenters. The second-order valence-electron chi connectivity index (χ2n) is 7.05. The molecular formula is C17H24ClNO3S. The van der Waals surface area contributed by atoms with Crippen LogP contribution in [0.4, 0.5) is 4.79 Å². The van der Waals surface area contributed by atoms with Gasteiger partial charge in [0.15, 0.2) is 5.78 Å². The third-order valence-corrected chi connectivity index (χ3v) is 5.17. The summed E-state index contributed by atoms with van der Waals surface area (Å²) in [6.45, 7) is 7.58. The molecule has 1 aromatic rings. The van der Waals surface area contributed by atoms with Crippen molar-refractivity contribution < 1.29 is 14.3 Å². The maximum Gasteiger partial charge on any atom is 0.410 e. The number of hydrogen-bond donors (Lipinski definition) is 0. The number of ether oxygens (including phenoxy) is 1. The van der Waals surface area contributed by atoms with Crippen LogP contribution < -0.4 is 0 Å². The molecule has 1 saturated heterocycles. The Morgan fingerprint density at radius 2 is 2.04 bits per heavy atom. The average Bonchev–Trinajstić information content (AvgIpc) is 2.83. The number of ketones is 1. The Hall–Kier alpha value is -1.07. The highest BCUT2D eigenvalue weighted by atomic mass is 35.5. The maximum atomic E-state index is 12.5. The monoisotopic (exact) mass is 357 g/mol. The van der Waals surface area contributed by atoms with Crippen LogP contribution in [0.2, 0.25) is 4.34 Å². The standard InChI is InChI=1S/C17H24ClNO3S/c1-11-6-5-7-12(19(11)16(21)22-17(2,3)4)10-13(20)14-8-9-15(18)23-14/h8-9,11-12H,5-7,10H2,1-4H3. The van der Waals surface area contributed by atoms with Gasteiger partial charge in [-0.15, -0.1) is 11.3 Å². The van der Waals surface area contributed by atoms with Gasteiger partial charge in [0.25, 0.3) is 0 Å². The number of likely N-dealkylation sites (tertiary alicyclic amines) is 1. The summed E-state index contributed by atoms with van der Waals surface area (Å²) in [6, 6.07) is 3.46. The van der Waals surface area contributed by atoms with Gasteiger partial charge in [0.2, 0.25) is 0 Å². The minimum absolute atomic E-state index is 0.0366. The first-order valence-corrected chi connectivity index (χ1v) is 9.16. The van der Waals surface area contributed by atoms with Crippen LogP contribution in [0.1, 0.15) is 63.0 Å². The predicted octanol–water partition coefficient (Wildman–Crippen LogP) is 5.15. The van der Waals surface area contributed by atoms with Gasteiger partial charge in [-0.05, 0) is 59.1 Å². The molecule has 128 valence electrons. The molecule has 0 N–H and O–H groups in total. The molecular weight excluding hydrogens is 334 g/mol. The van der Waals surface area contributed by atoms with Crippen molar-refractivity contribution in [3.05, 3.63) is 21.3 Å². The summed E-state index contributed by atoms with van der Waals surface area (Å²) in [6.07, 6.45) is 2.78. The molecule has 1 amide bonds. The second kappa shape index (κ2) is 7.22. The van der Waals surface area contributed by atoms with Crippen molar-refractivity contribution >= 4 is 34.8 Å². The molecule has 0 spiro atoms. The number of Topliss-reactive ketones (excluding diaryl/α,β-unsaturated/α-hetero) is 1. The summed E-state index contributed by atoms with van der Waals surface area (Å²) in [5.41, 5.74) is -0.538. The van der Waals surface area contributed by atoms with E-state index in [1.54, 1.807) is 17.0 Å². The number of halogens is 1. The lowest BCUT2D eigenvalue weighted by Gasteiger charge is -2.41. The van der Waals surface area contributed by atoms with Crippen LogP contribution in [0.25, 0.3) is 0 Å². The Morgan fingerprint density at radius 3 is 2.61 bits per heavy atom. The normalized spacial score (nSPS) is 22.0. The van der Waals surface area contributed by atoms with E-state index in [1.165, 1.54) is 11.3 Å². The van der Waals surface area contributed by atoms with Gasteiger partial charge >= 0.3 is 6.09 Å². The van der Waals surface area contributed by atoms with Crippen LogP contribution >= 0.6 is 22.9 Å². The third kappa shape index (κ3) is 4.95. The zero-order valence-corrected chi connectivity index (χ0v) is 15.7. The van der Waals surface area contributed by atoms with Crippen molar-refractivity contribution in [2.45, 2.75) is 71.1 Å². The van der Waals surface area contributed by atoms with Crippen LogP contribution in [0.5, 0.6) is 0 Å². The van der Waals surface area contributed by atoms with E-state index in [1.807, 2.05) is 27.7 Å². The van der Waals surface area contributed by atoms with Crippen LogP contribution in [0.3, 0.4) is 0 Å². The average molecular weight is 358 g/mol. The van der Waals surface area contributed by atoms with E-state index >= 15 is 0 Å². The van der Waals surface area contributed by atoms with E-state index in [2.05, 4.69) is 0 Å². The first-order valence-electron chi connectivity index (χ1n) is 7.97. The fourth-order valence-electron chi connectivity index (χ4n) is 2.91. The SMILES string of the molecule is CC1CCCC(CC(=O)c2ccc(Cl)s2)N1C(=O)OC(C)(C)C. The second-order valence-corrected chi connectivity index (χ2v) is 8.77. The third-order valence-electron chi connectivity index (χ3n) is 3.90. The smallest absolute Gasteiger partial charge is 0.410 e. The van der Waals surface area contributed by atoms with Crippen molar-refractivity contribution in [2.75, 3.05) is 0 Å². The van der Waals surface area contributed by atoms with Crippen molar-refractivity contribution in [1.82, 2.24) is 4.90 Å². The quantitative estimate of drug-likeness (QED) is 0.702. The number of thiophene rings is 1. The Kier molecular flexibility index (Phi) is 5.74. The molecule has 1 aliphatic rings. The molecule has 2 heterocycles. The van der Waals surface area contributed by atoms with Crippen LogP contribution in [-0.2, 0) is 4.74 Å². The fraction of sp³-hybridized carbons (Fsp3) is 0.647. The lowest BCUT2D eigenvalue weighted by molar-refractivity contribution is -0.00303. The number of carbonyl (C=O) groups excluding carboxylic acids is 2. The highest BCUT2D eigenvalue weighted by Crippen LogP contribution is 2.29. The lowest BCUT2D eigenvalue weighted by Crippen LogP contribution is -2.51. The van der Waals surface area contributed by atoms with Crippen LogP contribution in [0.15, 0.2) is 12.1 Å². The van der Waals surface area contributed by atoms with Gasteiger partial charge in [-0.25, -0.2) is 4.79 Å². The number of amides is 1. The molecule has 4 nitrogen and oxygen atoms in total. The molecule has 1 aliphatic heterocycles. The first kappa shape index (κ1) is 18.3. The van der Waals surface area contributed by atoms with E-state index in [9.17, 15) is 9.59 Å². The molecule has 0 saturated carbocycles. The topological polar surface area (TPSA) is 46.6 Å². The summed E-state index contributed by atoms with van der Waals surface area (Å²) >= 11 is 7.19. The number of nitrogens with zero attached hydrogens (tertiary/aromatic N) is 1. The molecule has 0 bridgehead atoms. The first-order chi connectivity index (χ1) is 10.7. The lowest BCUT2D eigenvalue weighted by atomic mass is 9.93. The Bertz CT molecular complexity index is 579. The highest BCUT2D eigenvalue weighted by molar-refractivity contribution is 7.18. The van der Waals surface area contributed by atoms with Gasteiger partial charge in [0.1, 0.15) is 5.60 Å². The molecule has 2 rings (SSSR count). The van der Waals surface area contributed by atoms with E-state index in [0.29, 0.717) is 15.6 Å². The van der Waals surface area contributed by atoms with Crippen LogP contribution in [-0.4, -0.2) is 34.5 Å². The van der Waals surface area contributed by atoms with Gasteiger partial charge in [-0.3, -0.25) is 4.79 Å². The molecule has 1 aromatic heterocycles. The van der Waals surface area contributed by atoms with Gasteiger partial charge < -0.3 is 9.64 Å². The predicted molar refractivity (Wildman–Crippen MR) is 93.5 cm³/mol. The molecule has 0 radical (unpaired) electrons. The van der Waals surface area contributed by atoms with Crippen molar-refractivity contribution in [3.63, 3.8) is 0 Å². The van der Waals surface area contributed by atoms with Gasteiger partial charge in [0.05, 0.1) is 9.21 Å². The highest BCUT2D eigenvalue weighted by Gasteiger charge is 2.36. The van der Waals surface area contributed by atoms with Gasteiger partial charge in [0, 0.05) is 18.5 Å². The molecule has 23 heavy (non-hydrogen) atoms. The molecule has 0 aliphatic carbocycles. The van der Waals surface area contributed by atoms with Crippen molar-refractivity contribution in [1.29, 1.82) is 0 Å². The largest absolute Gasteiger partial charge is 0.444 e. The summed E-state index contributed by atoms with van der Waals surface area (Å²) in [5, 5.41) is 0. The van der Waals surface area contributed by atoms with E-state index in [-0.39, 0.29) is 24.0 Å². The fourth-order valence-corrected chi connectivity index (χ4v) is 3.90.